The van der Waals surface area contributed by atoms with Gasteiger partial charge in [0, 0.05) is 18.2 Å². The standard InChI is InChI=1S/C23H17F4N5O3S/c24-17-8-13(3-5-19(33)30-35)2-4-14(17)12-31-21(36)32(20(34)22(31)6-1-7-22)15-9-16(23(25,26)27)18(10-28)29-11-15/h2-5,8-9,11,35H,1,6-7,12H2,(H,30,33)/b5-3+. The molecule has 0 radical (unpaired) electrons. The second-order valence-electron chi connectivity index (χ2n) is 8.25. The maximum atomic E-state index is 14.9. The fourth-order valence-corrected chi connectivity index (χ4v) is 4.64. The lowest BCUT2D eigenvalue weighted by Crippen LogP contribution is -2.54. The van der Waals surface area contributed by atoms with Crippen LogP contribution in [0.2, 0.25) is 0 Å². The molecule has 186 valence electrons. The van der Waals surface area contributed by atoms with E-state index < -0.39 is 40.6 Å². The molecule has 1 aliphatic heterocycles. The molecule has 0 atom stereocenters. The van der Waals surface area contributed by atoms with Crippen LogP contribution in [0.1, 0.15) is 41.6 Å². The van der Waals surface area contributed by atoms with Crippen LogP contribution in [0.5, 0.6) is 0 Å². The van der Waals surface area contributed by atoms with Crippen molar-refractivity contribution in [3.8, 4) is 6.07 Å². The van der Waals surface area contributed by atoms with Crippen molar-refractivity contribution in [2.45, 2.75) is 37.5 Å². The van der Waals surface area contributed by atoms with Crippen molar-refractivity contribution < 1.29 is 32.4 Å². The van der Waals surface area contributed by atoms with Gasteiger partial charge in [-0.15, -0.1) is 0 Å². The van der Waals surface area contributed by atoms with Gasteiger partial charge in [-0.1, -0.05) is 12.1 Å². The van der Waals surface area contributed by atoms with Crippen LogP contribution in [0, 0.1) is 17.1 Å². The number of carbonyl (C=O) groups excluding carboxylic acids is 2. The first-order chi connectivity index (χ1) is 17.0. The Kier molecular flexibility index (Phi) is 6.50. The summed E-state index contributed by atoms with van der Waals surface area (Å²) < 4.78 is 55.3. The van der Waals surface area contributed by atoms with E-state index in [-0.39, 0.29) is 22.9 Å². The number of hydroxylamine groups is 1. The van der Waals surface area contributed by atoms with Gasteiger partial charge in [-0.25, -0.2) is 14.9 Å². The molecule has 13 heteroatoms. The van der Waals surface area contributed by atoms with Gasteiger partial charge in [-0.2, -0.15) is 18.4 Å². The minimum atomic E-state index is -4.87. The summed E-state index contributed by atoms with van der Waals surface area (Å²) in [6.07, 6.45) is -0.147. The lowest BCUT2D eigenvalue weighted by Gasteiger charge is -2.43. The molecule has 2 aliphatic rings. The zero-order valence-electron chi connectivity index (χ0n) is 18.3. The SMILES string of the molecule is N#Cc1ncc(N2C(=O)C3(CCC3)N(Cc3ccc(/C=C/C(=O)NO)cc3F)C2=S)cc1C(F)(F)F. The fraction of sp³-hybridized carbons (Fsp3) is 0.261. The molecule has 36 heavy (non-hydrogen) atoms. The summed E-state index contributed by atoms with van der Waals surface area (Å²) in [4.78, 5) is 30.6. The first-order valence-electron chi connectivity index (χ1n) is 10.6. The number of nitrogens with zero attached hydrogens (tertiary/aromatic N) is 4. The predicted octanol–water partition coefficient (Wildman–Crippen LogP) is 3.69. The second kappa shape index (κ2) is 9.29. The highest BCUT2D eigenvalue weighted by atomic mass is 32.1. The molecule has 2 amide bonds. The highest BCUT2D eigenvalue weighted by Gasteiger charge is 2.59. The molecular formula is C23H17F4N5O3S. The van der Waals surface area contributed by atoms with Crippen LogP contribution in [0.25, 0.3) is 6.08 Å². The third-order valence-corrected chi connectivity index (χ3v) is 6.61. The number of nitrogens with one attached hydrogen (secondary N) is 1. The van der Waals surface area contributed by atoms with E-state index in [9.17, 15) is 27.2 Å². The van der Waals surface area contributed by atoms with E-state index in [1.54, 1.807) is 0 Å². The zero-order chi connectivity index (χ0) is 26.3. The average molecular weight is 519 g/mol. The van der Waals surface area contributed by atoms with Crippen LogP contribution in [-0.2, 0) is 22.3 Å². The summed E-state index contributed by atoms with van der Waals surface area (Å²) >= 11 is 5.48. The van der Waals surface area contributed by atoms with Crippen molar-refractivity contribution in [3.63, 3.8) is 0 Å². The maximum Gasteiger partial charge on any atom is 0.419 e. The molecule has 4 rings (SSSR count). The highest BCUT2D eigenvalue weighted by Crippen LogP contribution is 2.47. The number of rotatable bonds is 5. The van der Waals surface area contributed by atoms with Gasteiger partial charge < -0.3 is 4.90 Å². The predicted molar refractivity (Wildman–Crippen MR) is 122 cm³/mol. The molecule has 1 saturated heterocycles. The zero-order valence-corrected chi connectivity index (χ0v) is 19.2. The quantitative estimate of drug-likeness (QED) is 0.204. The van der Waals surface area contributed by atoms with E-state index in [1.165, 1.54) is 34.7 Å². The molecule has 2 heterocycles. The maximum absolute atomic E-state index is 14.9. The number of pyridine rings is 1. The number of alkyl halides is 3. The van der Waals surface area contributed by atoms with Gasteiger partial charge in [0.25, 0.3) is 11.8 Å². The number of amides is 2. The normalized spacial score (nSPS) is 17.0. The minimum absolute atomic E-state index is 0.0951. The van der Waals surface area contributed by atoms with Crippen molar-refractivity contribution in [1.29, 1.82) is 5.26 Å². The summed E-state index contributed by atoms with van der Waals surface area (Å²) in [7, 11) is 0. The summed E-state index contributed by atoms with van der Waals surface area (Å²) in [6.45, 7) is -0.121. The van der Waals surface area contributed by atoms with Gasteiger partial charge in [0.05, 0.1) is 17.4 Å². The molecule has 1 aromatic heterocycles. The third kappa shape index (κ3) is 4.29. The van der Waals surface area contributed by atoms with Crippen LogP contribution in [0.3, 0.4) is 0 Å². The van der Waals surface area contributed by atoms with Gasteiger partial charge in [-0.05, 0) is 55.3 Å². The molecule has 2 aromatic rings. The largest absolute Gasteiger partial charge is 0.419 e. The number of benzene rings is 1. The molecular weight excluding hydrogens is 502 g/mol. The monoisotopic (exact) mass is 519 g/mol. The van der Waals surface area contributed by atoms with Crippen molar-refractivity contribution in [2.24, 2.45) is 0 Å². The summed E-state index contributed by atoms with van der Waals surface area (Å²) in [5, 5.41) is 17.4. The number of hydrogen-bond donors (Lipinski definition) is 2. The molecule has 1 saturated carbocycles. The second-order valence-corrected chi connectivity index (χ2v) is 8.62. The Hall–Kier alpha value is -3.89. The molecule has 0 unspecified atom stereocenters. The van der Waals surface area contributed by atoms with Crippen molar-refractivity contribution in [3.05, 3.63) is 64.7 Å². The Morgan fingerprint density at radius 3 is 2.61 bits per heavy atom. The Balaban J connectivity index is 1.66. The lowest BCUT2D eigenvalue weighted by molar-refractivity contribution is -0.138. The smallest absolute Gasteiger partial charge is 0.329 e. The molecule has 2 N–H and O–H groups in total. The van der Waals surface area contributed by atoms with Crippen molar-refractivity contribution in [1.82, 2.24) is 15.4 Å². The molecule has 1 aliphatic carbocycles. The number of halogens is 4. The van der Waals surface area contributed by atoms with Gasteiger partial charge >= 0.3 is 6.18 Å². The first-order valence-corrected chi connectivity index (χ1v) is 11.0. The van der Waals surface area contributed by atoms with Gasteiger partial charge in [0.1, 0.15) is 17.4 Å². The van der Waals surface area contributed by atoms with E-state index >= 15 is 0 Å². The fourth-order valence-electron chi connectivity index (χ4n) is 4.21. The Morgan fingerprint density at radius 1 is 1.33 bits per heavy atom. The summed E-state index contributed by atoms with van der Waals surface area (Å²) in [5.41, 5.74) is -1.53. The van der Waals surface area contributed by atoms with E-state index in [0.717, 1.165) is 23.2 Å². The van der Waals surface area contributed by atoms with Gasteiger partial charge in [-0.3, -0.25) is 19.7 Å². The van der Waals surface area contributed by atoms with E-state index in [2.05, 4.69) is 4.98 Å². The highest BCUT2D eigenvalue weighted by molar-refractivity contribution is 7.80. The Bertz CT molecular complexity index is 1330. The number of carbonyl (C=O) groups is 2. The molecule has 1 aromatic carbocycles. The number of thiocarbonyl (C=S) groups is 1. The van der Waals surface area contributed by atoms with E-state index in [4.69, 9.17) is 22.7 Å². The van der Waals surface area contributed by atoms with Gasteiger partial charge in [0.15, 0.2) is 10.8 Å². The molecule has 0 bridgehead atoms. The summed E-state index contributed by atoms with van der Waals surface area (Å²) in [6, 6.07) is 6.17. The lowest BCUT2D eigenvalue weighted by atomic mass is 9.75. The minimum Gasteiger partial charge on any atom is -0.329 e. The average Bonchev–Trinajstić information content (AvgIpc) is 3.04. The van der Waals surface area contributed by atoms with Crippen LogP contribution in [0.15, 0.2) is 36.5 Å². The number of hydrogen-bond acceptors (Lipinski definition) is 6. The van der Waals surface area contributed by atoms with E-state index in [0.29, 0.717) is 30.9 Å². The molecule has 8 nitrogen and oxygen atoms in total. The number of aromatic nitrogens is 1. The van der Waals surface area contributed by atoms with Crippen molar-refractivity contribution in [2.75, 3.05) is 4.90 Å². The van der Waals surface area contributed by atoms with Gasteiger partial charge in [0.2, 0.25) is 0 Å². The van der Waals surface area contributed by atoms with Crippen LogP contribution < -0.4 is 10.4 Å². The van der Waals surface area contributed by atoms with Crippen LogP contribution in [0.4, 0.5) is 23.2 Å². The number of nitriles is 1. The first kappa shape index (κ1) is 25.2. The Morgan fingerprint density at radius 2 is 2.06 bits per heavy atom. The van der Waals surface area contributed by atoms with Crippen LogP contribution in [-0.4, -0.2) is 37.6 Å². The Labute approximate surface area is 207 Å². The van der Waals surface area contributed by atoms with Crippen molar-refractivity contribution >= 4 is 40.9 Å². The number of anilines is 1. The summed E-state index contributed by atoms with van der Waals surface area (Å²) in [5.74, 6) is -1.98. The van der Waals surface area contributed by atoms with E-state index in [1.807, 2.05) is 0 Å². The third-order valence-electron chi connectivity index (χ3n) is 6.21. The topological polar surface area (TPSA) is 110 Å². The molecule has 1 spiro atoms. The molecule has 2 fully saturated rings. The van der Waals surface area contributed by atoms with Crippen LogP contribution >= 0.6 is 12.2 Å².